The number of hydrogen-bond acceptors (Lipinski definition) is 4. The molecule has 98 valence electrons. The molecule has 1 aromatic heterocycles. The lowest BCUT2D eigenvalue weighted by molar-refractivity contribution is 0.348. The molecule has 0 aliphatic carbocycles. The van der Waals surface area contributed by atoms with Gasteiger partial charge in [-0.1, -0.05) is 36.4 Å². The Kier molecular flexibility index (Phi) is 4.93. The third-order valence-electron chi connectivity index (χ3n) is 2.44. The maximum absolute atomic E-state index is 5.54. The maximum Gasteiger partial charge on any atom is 0.218 e. The standard InChI is InChI=1S/C15H17N3O/c1-2-16-14-11-15(18-12-17-14)19-10-6-9-13-7-4-3-5-8-13/h3-9,11-12H,2,10H2,1H3,(H,16,17,18)/b9-6+. The molecule has 19 heavy (non-hydrogen) atoms. The summed E-state index contributed by atoms with van der Waals surface area (Å²) < 4.78 is 5.54. The molecular formula is C15H17N3O. The molecule has 0 aliphatic heterocycles. The van der Waals surface area contributed by atoms with Crippen LogP contribution in [0.2, 0.25) is 0 Å². The molecule has 0 unspecified atom stereocenters. The number of nitrogens with one attached hydrogen (secondary N) is 1. The third kappa shape index (κ3) is 4.43. The molecule has 0 saturated carbocycles. The Morgan fingerprint density at radius 3 is 2.84 bits per heavy atom. The smallest absolute Gasteiger partial charge is 0.218 e. The number of aromatic nitrogens is 2. The molecule has 0 spiro atoms. The molecule has 4 nitrogen and oxygen atoms in total. The van der Waals surface area contributed by atoms with Crippen LogP contribution in [0.3, 0.4) is 0 Å². The Labute approximate surface area is 113 Å². The predicted molar refractivity (Wildman–Crippen MR) is 77.2 cm³/mol. The van der Waals surface area contributed by atoms with E-state index in [-0.39, 0.29) is 0 Å². The quantitative estimate of drug-likeness (QED) is 0.862. The highest BCUT2D eigenvalue weighted by Crippen LogP contribution is 2.10. The minimum Gasteiger partial charge on any atom is -0.473 e. The largest absolute Gasteiger partial charge is 0.473 e. The number of hydrogen-bond donors (Lipinski definition) is 1. The van der Waals surface area contributed by atoms with Crippen molar-refractivity contribution in [3.05, 3.63) is 54.4 Å². The van der Waals surface area contributed by atoms with Gasteiger partial charge in [0, 0.05) is 12.6 Å². The second kappa shape index (κ2) is 7.16. The fourth-order valence-corrected chi connectivity index (χ4v) is 1.58. The van der Waals surface area contributed by atoms with Crippen LogP contribution in [0.1, 0.15) is 12.5 Å². The zero-order valence-corrected chi connectivity index (χ0v) is 10.9. The van der Waals surface area contributed by atoms with Gasteiger partial charge in [-0.25, -0.2) is 9.97 Å². The van der Waals surface area contributed by atoms with Crippen molar-refractivity contribution in [3.63, 3.8) is 0 Å². The van der Waals surface area contributed by atoms with Crippen LogP contribution in [0, 0.1) is 0 Å². The summed E-state index contributed by atoms with van der Waals surface area (Å²) in [6.45, 7) is 3.33. The summed E-state index contributed by atoms with van der Waals surface area (Å²) in [5, 5.41) is 3.12. The van der Waals surface area contributed by atoms with Crippen molar-refractivity contribution in [2.75, 3.05) is 18.5 Å². The van der Waals surface area contributed by atoms with E-state index in [1.165, 1.54) is 6.33 Å². The van der Waals surface area contributed by atoms with Crippen molar-refractivity contribution in [2.24, 2.45) is 0 Å². The van der Waals surface area contributed by atoms with E-state index < -0.39 is 0 Å². The molecule has 0 bridgehead atoms. The summed E-state index contributed by atoms with van der Waals surface area (Å²) in [6, 6.07) is 11.9. The monoisotopic (exact) mass is 255 g/mol. The van der Waals surface area contributed by atoms with E-state index >= 15 is 0 Å². The predicted octanol–water partition coefficient (Wildman–Crippen LogP) is 3.00. The fourth-order valence-electron chi connectivity index (χ4n) is 1.58. The highest BCUT2D eigenvalue weighted by atomic mass is 16.5. The normalized spacial score (nSPS) is 10.6. The van der Waals surface area contributed by atoms with Crippen molar-refractivity contribution < 1.29 is 4.74 Å². The Morgan fingerprint density at radius 2 is 2.05 bits per heavy atom. The Morgan fingerprint density at radius 1 is 1.21 bits per heavy atom. The number of ether oxygens (including phenoxy) is 1. The molecule has 0 saturated heterocycles. The molecule has 2 aromatic rings. The van der Waals surface area contributed by atoms with Gasteiger partial charge in [0.25, 0.3) is 0 Å². The molecule has 2 rings (SSSR count). The van der Waals surface area contributed by atoms with Gasteiger partial charge in [-0.05, 0) is 18.6 Å². The Bertz CT molecular complexity index is 526. The van der Waals surface area contributed by atoms with Gasteiger partial charge in [0.1, 0.15) is 18.8 Å². The number of rotatable bonds is 6. The highest BCUT2D eigenvalue weighted by molar-refractivity contribution is 5.48. The second-order valence-electron chi connectivity index (χ2n) is 3.90. The first-order valence-electron chi connectivity index (χ1n) is 6.29. The molecule has 1 heterocycles. The lowest BCUT2D eigenvalue weighted by Gasteiger charge is -2.04. The summed E-state index contributed by atoms with van der Waals surface area (Å²) in [4.78, 5) is 8.14. The highest BCUT2D eigenvalue weighted by Gasteiger charge is 1.97. The summed E-state index contributed by atoms with van der Waals surface area (Å²) in [7, 11) is 0. The average Bonchev–Trinajstić information content (AvgIpc) is 2.46. The van der Waals surface area contributed by atoms with E-state index in [0.29, 0.717) is 12.5 Å². The summed E-state index contributed by atoms with van der Waals surface area (Å²) >= 11 is 0. The molecule has 0 atom stereocenters. The average molecular weight is 255 g/mol. The van der Waals surface area contributed by atoms with Crippen molar-refractivity contribution in [2.45, 2.75) is 6.92 Å². The van der Waals surface area contributed by atoms with Gasteiger partial charge < -0.3 is 10.1 Å². The minimum absolute atomic E-state index is 0.484. The van der Waals surface area contributed by atoms with Crippen LogP contribution in [0.5, 0.6) is 5.88 Å². The fraction of sp³-hybridized carbons (Fsp3) is 0.200. The van der Waals surface area contributed by atoms with Crippen LogP contribution < -0.4 is 10.1 Å². The van der Waals surface area contributed by atoms with Crippen molar-refractivity contribution >= 4 is 11.9 Å². The third-order valence-corrected chi connectivity index (χ3v) is 2.44. The summed E-state index contributed by atoms with van der Waals surface area (Å²) in [6.07, 6.45) is 5.48. The van der Waals surface area contributed by atoms with Gasteiger partial charge in [-0.15, -0.1) is 0 Å². The van der Waals surface area contributed by atoms with Gasteiger partial charge in [-0.2, -0.15) is 0 Å². The molecule has 0 aliphatic rings. The van der Waals surface area contributed by atoms with Gasteiger partial charge in [0.05, 0.1) is 0 Å². The van der Waals surface area contributed by atoms with E-state index in [9.17, 15) is 0 Å². The molecule has 0 fully saturated rings. The van der Waals surface area contributed by atoms with Crippen molar-refractivity contribution in [1.82, 2.24) is 9.97 Å². The van der Waals surface area contributed by atoms with E-state index in [2.05, 4.69) is 15.3 Å². The van der Waals surface area contributed by atoms with Crippen molar-refractivity contribution in [1.29, 1.82) is 0 Å². The van der Waals surface area contributed by atoms with E-state index in [1.807, 2.05) is 49.4 Å². The SMILES string of the molecule is CCNc1cc(OC/C=C/c2ccccc2)ncn1. The molecule has 1 aromatic carbocycles. The first-order chi connectivity index (χ1) is 9.38. The van der Waals surface area contributed by atoms with Gasteiger partial charge in [0.2, 0.25) is 5.88 Å². The van der Waals surface area contributed by atoms with Crippen LogP contribution in [-0.4, -0.2) is 23.1 Å². The second-order valence-corrected chi connectivity index (χ2v) is 3.90. The minimum atomic E-state index is 0.484. The van der Waals surface area contributed by atoms with Crippen LogP contribution in [-0.2, 0) is 0 Å². The van der Waals surface area contributed by atoms with Gasteiger partial charge >= 0.3 is 0 Å². The summed E-state index contributed by atoms with van der Waals surface area (Å²) in [5.74, 6) is 1.35. The van der Waals surface area contributed by atoms with E-state index in [4.69, 9.17) is 4.74 Å². The molecular weight excluding hydrogens is 238 g/mol. The summed E-state index contributed by atoms with van der Waals surface area (Å²) in [5.41, 5.74) is 1.15. The Balaban J connectivity index is 1.85. The number of benzene rings is 1. The van der Waals surface area contributed by atoms with Crippen LogP contribution in [0.4, 0.5) is 5.82 Å². The Hall–Kier alpha value is -2.36. The zero-order chi connectivity index (χ0) is 13.3. The topological polar surface area (TPSA) is 47.0 Å². The molecule has 0 radical (unpaired) electrons. The van der Waals surface area contributed by atoms with E-state index in [0.717, 1.165) is 17.9 Å². The first kappa shape index (κ1) is 13.1. The maximum atomic E-state index is 5.54. The molecule has 4 heteroatoms. The first-order valence-corrected chi connectivity index (χ1v) is 6.29. The number of anilines is 1. The lowest BCUT2D eigenvalue weighted by atomic mass is 10.2. The molecule has 0 amide bonds. The van der Waals surface area contributed by atoms with E-state index in [1.54, 1.807) is 6.07 Å². The zero-order valence-electron chi connectivity index (χ0n) is 10.9. The molecule has 1 N–H and O–H groups in total. The van der Waals surface area contributed by atoms with Gasteiger partial charge in [0.15, 0.2) is 0 Å². The van der Waals surface area contributed by atoms with Crippen LogP contribution >= 0.6 is 0 Å². The van der Waals surface area contributed by atoms with Crippen molar-refractivity contribution in [3.8, 4) is 5.88 Å². The number of nitrogens with zero attached hydrogens (tertiary/aromatic N) is 2. The van der Waals surface area contributed by atoms with Crippen LogP contribution in [0.25, 0.3) is 6.08 Å². The lowest BCUT2D eigenvalue weighted by Crippen LogP contribution is -2.01. The van der Waals surface area contributed by atoms with Gasteiger partial charge in [-0.3, -0.25) is 0 Å². The van der Waals surface area contributed by atoms with Crippen LogP contribution in [0.15, 0.2) is 48.8 Å².